The number of benzene rings is 1. The smallest absolute Gasteiger partial charge is 0.204 e. The summed E-state index contributed by atoms with van der Waals surface area (Å²) in [6, 6.07) is 4.47. The Bertz CT molecular complexity index is 579. The summed E-state index contributed by atoms with van der Waals surface area (Å²) in [6.07, 6.45) is 0. The van der Waals surface area contributed by atoms with Crippen LogP contribution in [0.5, 0.6) is 11.5 Å². The lowest BCUT2D eigenvalue weighted by molar-refractivity contribution is 0.104. The number of ketones is 1. The summed E-state index contributed by atoms with van der Waals surface area (Å²) < 4.78 is 0. The van der Waals surface area contributed by atoms with Gasteiger partial charge >= 0.3 is 0 Å². The highest BCUT2D eigenvalue weighted by Gasteiger charge is 2.20. The highest BCUT2D eigenvalue weighted by molar-refractivity contribution is 7.12. The summed E-state index contributed by atoms with van der Waals surface area (Å²) in [7, 11) is 0. The number of phenols is 2. The van der Waals surface area contributed by atoms with Gasteiger partial charge in [-0.25, -0.2) is 0 Å². The van der Waals surface area contributed by atoms with Gasteiger partial charge in [0, 0.05) is 5.56 Å². The second kappa shape index (κ2) is 4.56. The second-order valence-corrected chi connectivity index (χ2v) is 4.93. The maximum Gasteiger partial charge on any atom is 0.204 e. The van der Waals surface area contributed by atoms with Gasteiger partial charge in [-0.2, -0.15) is 0 Å². The minimum Gasteiger partial charge on any atom is -0.504 e. The Hall–Kier alpha value is -1.23. The number of carbonyl (C=O) groups excluding carboxylic acids is 1. The highest BCUT2D eigenvalue weighted by Crippen LogP contribution is 2.41. The molecule has 0 amide bonds. The predicted octanol–water partition coefficient (Wildman–Crippen LogP) is 3.70. The fourth-order valence-electron chi connectivity index (χ4n) is 1.31. The van der Waals surface area contributed by atoms with Crippen LogP contribution in [0.3, 0.4) is 0 Å². The monoisotopic (exact) mass is 288 g/mol. The average Bonchev–Trinajstić information content (AvgIpc) is 2.84. The van der Waals surface area contributed by atoms with Gasteiger partial charge in [0.2, 0.25) is 5.78 Å². The van der Waals surface area contributed by atoms with E-state index in [1.54, 1.807) is 17.5 Å². The Morgan fingerprint density at radius 2 is 1.94 bits per heavy atom. The van der Waals surface area contributed by atoms with Crippen LogP contribution in [0.1, 0.15) is 15.2 Å². The zero-order valence-electron chi connectivity index (χ0n) is 8.28. The summed E-state index contributed by atoms with van der Waals surface area (Å²) >= 11 is 12.8. The molecule has 0 spiro atoms. The van der Waals surface area contributed by atoms with Crippen LogP contribution in [0.2, 0.25) is 10.0 Å². The molecule has 2 rings (SSSR count). The summed E-state index contributed by atoms with van der Waals surface area (Å²) in [5.41, 5.74) is 0.0643. The van der Waals surface area contributed by atoms with E-state index in [9.17, 15) is 15.0 Å². The van der Waals surface area contributed by atoms with Gasteiger partial charge < -0.3 is 10.2 Å². The molecule has 6 heteroatoms. The van der Waals surface area contributed by atoms with Gasteiger partial charge in [0.15, 0.2) is 11.5 Å². The first kappa shape index (κ1) is 12.2. The topological polar surface area (TPSA) is 57.5 Å². The lowest BCUT2D eigenvalue weighted by Gasteiger charge is -2.07. The van der Waals surface area contributed by atoms with Crippen molar-refractivity contribution in [2.24, 2.45) is 0 Å². The summed E-state index contributed by atoms with van der Waals surface area (Å²) in [4.78, 5) is 12.5. The molecule has 0 aliphatic carbocycles. The minimum absolute atomic E-state index is 0.0643. The van der Waals surface area contributed by atoms with Crippen molar-refractivity contribution in [1.29, 1.82) is 0 Å². The normalized spacial score (nSPS) is 10.5. The van der Waals surface area contributed by atoms with E-state index >= 15 is 0 Å². The van der Waals surface area contributed by atoms with Crippen LogP contribution < -0.4 is 0 Å². The van der Waals surface area contributed by atoms with Gasteiger partial charge in [-0.3, -0.25) is 4.79 Å². The Balaban J connectivity index is 2.57. The van der Waals surface area contributed by atoms with Crippen molar-refractivity contribution in [3.05, 3.63) is 44.1 Å². The molecule has 0 saturated carbocycles. The Labute approximate surface area is 111 Å². The third-order valence-electron chi connectivity index (χ3n) is 2.15. The predicted molar refractivity (Wildman–Crippen MR) is 67.5 cm³/mol. The molecular formula is C11H6Cl2O3S. The molecule has 0 fully saturated rings. The molecule has 1 heterocycles. The third kappa shape index (κ3) is 2.11. The maximum absolute atomic E-state index is 12.0. The van der Waals surface area contributed by atoms with Crippen LogP contribution >= 0.6 is 34.5 Å². The van der Waals surface area contributed by atoms with Crippen molar-refractivity contribution >= 4 is 40.3 Å². The zero-order chi connectivity index (χ0) is 12.6. The van der Waals surface area contributed by atoms with E-state index in [1.165, 1.54) is 11.3 Å². The molecule has 17 heavy (non-hydrogen) atoms. The molecule has 3 nitrogen and oxygen atoms in total. The van der Waals surface area contributed by atoms with E-state index < -0.39 is 11.5 Å². The molecule has 0 aliphatic rings. The fraction of sp³-hybridized carbons (Fsp3) is 0. The second-order valence-electron chi connectivity index (χ2n) is 3.23. The average molecular weight is 289 g/mol. The Morgan fingerprint density at radius 1 is 1.24 bits per heavy atom. The number of hydrogen-bond donors (Lipinski definition) is 2. The lowest BCUT2D eigenvalue weighted by atomic mass is 10.1. The lowest BCUT2D eigenvalue weighted by Crippen LogP contribution is -2.00. The van der Waals surface area contributed by atoms with Crippen LogP contribution in [0, 0.1) is 0 Å². The van der Waals surface area contributed by atoms with Crippen molar-refractivity contribution in [1.82, 2.24) is 0 Å². The quantitative estimate of drug-likeness (QED) is 0.654. The summed E-state index contributed by atoms with van der Waals surface area (Å²) in [5.74, 6) is -1.35. The van der Waals surface area contributed by atoms with Gasteiger partial charge in [-0.1, -0.05) is 29.3 Å². The van der Waals surface area contributed by atoms with Crippen molar-refractivity contribution in [2.45, 2.75) is 0 Å². The van der Waals surface area contributed by atoms with Crippen LogP contribution in [0.15, 0.2) is 23.6 Å². The molecule has 0 atom stereocenters. The Morgan fingerprint density at radius 3 is 2.53 bits per heavy atom. The largest absolute Gasteiger partial charge is 0.504 e. The maximum atomic E-state index is 12.0. The van der Waals surface area contributed by atoms with E-state index in [0.29, 0.717) is 4.88 Å². The minimum atomic E-state index is -0.528. The molecule has 2 aromatic rings. The van der Waals surface area contributed by atoms with E-state index in [0.717, 1.165) is 6.07 Å². The van der Waals surface area contributed by atoms with Crippen LogP contribution in [-0.2, 0) is 0 Å². The number of thiophene rings is 1. The molecule has 0 saturated heterocycles. The molecule has 0 bridgehead atoms. The van der Waals surface area contributed by atoms with Gasteiger partial charge in [-0.15, -0.1) is 11.3 Å². The van der Waals surface area contributed by atoms with Gasteiger partial charge in [-0.05, 0) is 17.5 Å². The first-order valence-corrected chi connectivity index (χ1v) is 6.14. The highest BCUT2D eigenvalue weighted by atomic mass is 35.5. The molecule has 88 valence electrons. The molecule has 1 aromatic carbocycles. The number of carbonyl (C=O) groups is 1. The fourth-order valence-corrected chi connectivity index (χ4v) is 2.42. The van der Waals surface area contributed by atoms with E-state index in [4.69, 9.17) is 23.2 Å². The molecular weight excluding hydrogens is 283 g/mol. The number of phenolic OH excluding ortho intramolecular Hbond substituents is 2. The number of aromatic hydroxyl groups is 2. The third-order valence-corrected chi connectivity index (χ3v) is 3.88. The first-order valence-electron chi connectivity index (χ1n) is 4.50. The van der Waals surface area contributed by atoms with Crippen molar-refractivity contribution in [2.75, 3.05) is 0 Å². The molecule has 0 unspecified atom stereocenters. The van der Waals surface area contributed by atoms with Gasteiger partial charge in [0.1, 0.15) is 5.02 Å². The molecule has 2 N–H and O–H groups in total. The van der Waals surface area contributed by atoms with E-state index in [1.807, 2.05) is 0 Å². The standard InChI is InChI=1S/C11H6Cl2O3S/c12-8-5(4-6(14)11(16)9(8)13)10(15)7-2-1-3-17-7/h1-4,14,16H. The van der Waals surface area contributed by atoms with Crippen LogP contribution in [0.25, 0.3) is 0 Å². The van der Waals surface area contributed by atoms with Gasteiger partial charge in [0.25, 0.3) is 0 Å². The van der Waals surface area contributed by atoms with E-state index in [-0.39, 0.29) is 21.4 Å². The number of halogens is 2. The summed E-state index contributed by atoms with van der Waals surface area (Å²) in [6.45, 7) is 0. The molecule has 0 radical (unpaired) electrons. The SMILES string of the molecule is O=C(c1cccs1)c1cc(O)c(O)c(Cl)c1Cl. The Kier molecular flexibility index (Phi) is 3.28. The van der Waals surface area contributed by atoms with Crippen LogP contribution in [-0.4, -0.2) is 16.0 Å². The number of hydrogen-bond acceptors (Lipinski definition) is 4. The van der Waals surface area contributed by atoms with Crippen molar-refractivity contribution < 1.29 is 15.0 Å². The van der Waals surface area contributed by atoms with Crippen LogP contribution in [0.4, 0.5) is 0 Å². The zero-order valence-corrected chi connectivity index (χ0v) is 10.6. The first-order chi connectivity index (χ1) is 8.02. The summed E-state index contributed by atoms with van der Waals surface area (Å²) in [5, 5.41) is 20.2. The molecule has 0 aliphatic heterocycles. The van der Waals surface area contributed by atoms with Crippen molar-refractivity contribution in [3.8, 4) is 11.5 Å². The van der Waals surface area contributed by atoms with E-state index in [2.05, 4.69) is 0 Å². The molecule has 1 aromatic heterocycles. The number of rotatable bonds is 2. The van der Waals surface area contributed by atoms with Crippen molar-refractivity contribution in [3.63, 3.8) is 0 Å². The van der Waals surface area contributed by atoms with Gasteiger partial charge in [0.05, 0.1) is 9.90 Å².